The van der Waals surface area contributed by atoms with Crippen molar-refractivity contribution in [2.24, 2.45) is 0 Å². The molecule has 3 aromatic heterocycles. The first-order valence-electron chi connectivity index (χ1n) is 6.20. The number of hydrogen-bond donors (Lipinski definition) is 1. The summed E-state index contributed by atoms with van der Waals surface area (Å²) in [6, 6.07) is 1.81. The Morgan fingerprint density at radius 2 is 2.10 bits per heavy atom. The molecule has 0 aliphatic rings. The SMILES string of the molecule is Cc1nc(C)c(C(C)n2c(N)nc3cc(Cl)cnc32)s1. The molecular weight excluding hydrogens is 294 g/mol. The van der Waals surface area contributed by atoms with Crippen LogP contribution in [-0.4, -0.2) is 19.5 Å². The molecule has 0 spiro atoms. The normalized spacial score (nSPS) is 13.0. The minimum atomic E-state index is 0.0416. The summed E-state index contributed by atoms with van der Waals surface area (Å²) < 4.78 is 1.92. The molecule has 1 atom stereocenters. The van der Waals surface area contributed by atoms with Crippen molar-refractivity contribution < 1.29 is 0 Å². The quantitative estimate of drug-likeness (QED) is 0.788. The Hall–Kier alpha value is -1.66. The molecule has 7 heteroatoms. The number of nitrogen functional groups attached to an aromatic ring is 1. The van der Waals surface area contributed by atoms with Crippen molar-refractivity contribution in [2.75, 3.05) is 5.73 Å². The van der Waals surface area contributed by atoms with Gasteiger partial charge in [0.1, 0.15) is 5.52 Å². The smallest absolute Gasteiger partial charge is 0.203 e. The summed E-state index contributed by atoms with van der Waals surface area (Å²) in [5.74, 6) is 0.438. The number of halogens is 1. The Morgan fingerprint density at radius 1 is 1.35 bits per heavy atom. The third kappa shape index (κ3) is 2.05. The molecule has 0 aliphatic carbocycles. The van der Waals surface area contributed by atoms with Crippen LogP contribution in [0.5, 0.6) is 0 Å². The Kier molecular flexibility index (Phi) is 3.14. The number of aromatic nitrogens is 4. The fourth-order valence-electron chi connectivity index (χ4n) is 2.41. The number of nitrogens with two attached hydrogens (primary N) is 1. The third-order valence-electron chi connectivity index (χ3n) is 3.23. The van der Waals surface area contributed by atoms with Gasteiger partial charge in [-0.2, -0.15) is 0 Å². The number of hydrogen-bond acceptors (Lipinski definition) is 5. The minimum Gasteiger partial charge on any atom is -0.369 e. The first kappa shape index (κ1) is 13.3. The predicted octanol–water partition coefficient (Wildman–Crippen LogP) is 3.35. The Bertz CT molecular complexity index is 792. The van der Waals surface area contributed by atoms with E-state index in [-0.39, 0.29) is 6.04 Å². The zero-order valence-corrected chi connectivity index (χ0v) is 13.0. The highest BCUT2D eigenvalue weighted by molar-refractivity contribution is 7.11. The second kappa shape index (κ2) is 4.71. The zero-order valence-electron chi connectivity index (χ0n) is 11.4. The second-order valence-electron chi connectivity index (χ2n) is 4.69. The zero-order chi connectivity index (χ0) is 14.4. The van der Waals surface area contributed by atoms with Crippen molar-refractivity contribution in [3.8, 4) is 0 Å². The average molecular weight is 308 g/mol. The van der Waals surface area contributed by atoms with E-state index in [0.717, 1.165) is 16.3 Å². The molecule has 3 aromatic rings. The van der Waals surface area contributed by atoms with Crippen molar-refractivity contribution in [1.29, 1.82) is 0 Å². The largest absolute Gasteiger partial charge is 0.369 e. The molecule has 0 saturated carbocycles. The van der Waals surface area contributed by atoms with E-state index in [0.29, 0.717) is 16.5 Å². The summed E-state index contributed by atoms with van der Waals surface area (Å²) >= 11 is 7.62. The molecule has 0 aliphatic heterocycles. The van der Waals surface area contributed by atoms with Crippen molar-refractivity contribution >= 4 is 40.0 Å². The lowest BCUT2D eigenvalue weighted by Gasteiger charge is -2.14. The lowest BCUT2D eigenvalue weighted by atomic mass is 10.2. The van der Waals surface area contributed by atoms with Crippen molar-refractivity contribution in [3.63, 3.8) is 0 Å². The fraction of sp³-hybridized carbons (Fsp3) is 0.308. The topological polar surface area (TPSA) is 69.6 Å². The van der Waals surface area contributed by atoms with Gasteiger partial charge in [0.05, 0.1) is 26.6 Å². The lowest BCUT2D eigenvalue weighted by Crippen LogP contribution is -2.10. The van der Waals surface area contributed by atoms with Crippen LogP contribution < -0.4 is 5.73 Å². The number of thiazole rings is 1. The van der Waals surface area contributed by atoms with Crippen LogP contribution in [0.2, 0.25) is 5.02 Å². The first-order chi connectivity index (χ1) is 9.47. The second-order valence-corrected chi connectivity index (χ2v) is 6.37. The highest BCUT2D eigenvalue weighted by Gasteiger charge is 2.20. The maximum absolute atomic E-state index is 6.05. The third-order valence-corrected chi connectivity index (χ3v) is 4.68. The molecule has 0 radical (unpaired) electrons. The number of anilines is 1. The molecule has 0 aromatic carbocycles. The molecule has 104 valence electrons. The maximum Gasteiger partial charge on any atom is 0.203 e. The summed E-state index contributed by atoms with van der Waals surface area (Å²) in [4.78, 5) is 14.3. The van der Waals surface area contributed by atoms with Crippen LogP contribution in [0.4, 0.5) is 5.95 Å². The van der Waals surface area contributed by atoms with Gasteiger partial charge in [0.2, 0.25) is 5.95 Å². The van der Waals surface area contributed by atoms with E-state index in [1.165, 1.54) is 4.88 Å². The van der Waals surface area contributed by atoms with E-state index in [1.54, 1.807) is 23.6 Å². The first-order valence-corrected chi connectivity index (χ1v) is 7.39. The van der Waals surface area contributed by atoms with Gasteiger partial charge in [-0.25, -0.2) is 15.0 Å². The van der Waals surface area contributed by atoms with Crippen molar-refractivity contribution in [1.82, 2.24) is 19.5 Å². The van der Waals surface area contributed by atoms with E-state index < -0.39 is 0 Å². The minimum absolute atomic E-state index is 0.0416. The summed E-state index contributed by atoms with van der Waals surface area (Å²) in [5, 5.41) is 1.60. The van der Waals surface area contributed by atoms with Gasteiger partial charge in [-0.05, 0) is 26.8 Å². The van der Waals surface area contributed by atoms with Crippen molar-refractivity contribution in [2.45, 2.75) is 26.8 Å². The number of rotatable bonds is 2. The van der Waals surface area contributed by atoms with Gasteiger partial charge in [0, 0.05) is 6.20 Å². The van der Waals surface area contributed by atoms with E-state index in [2.05, 4.69) is 21.9 Å². The predicted molar refractivity (Wildman–Crippen MR) is 82.4 cm³/mol. The van der Waals surface area contributed by atoms with Gasteiger partial charge >= 0.3 is 0 Å². The molecule has 0 fully saturated rings. The highest BCUT2D eigenvalue weighted by Crippen LogP contribution is 2.32. The van der Waals surface area contributed by atoms with Gasteiger partial charge < -0.3 is 5.73 Å². The molecule has 0 bridgehead atoms. The summed E-state index contributed by atoms with van der Waals surface area (Å²) in [6.07, 6.45) is 1.61. The molecule has 2 N–H and O–H groups in total. The van der Waals surface area contributed by atoms with Gasteiger partial charge in [0.25, 0.3) is 0 Å². The van der Waals surface area contributed by atoms with Crippen molar-refractivity contribution in [3.05, 3.63) is 32.9 Å². The van der Waals surface area contributed by atoms with Gasteiger partial charge in [0.15, 0.2) is 5.65 Å². The Morgan fingerprint density at radius 3 is 2.75 bits per heavy atom. The molecule has 20 heavy (non-hydrogen) atoms. The molecule has 0 saturated heterocycles. The molecule has 3 rings (SSSR count). The van der Waals surface area contributed by atoms with Crippen LogP contribution >= 0.6 is 22.9 Å². The van der Waals surface area contributed by atoms with E-state index in [9.17, 15) is 0 Å². The summed E-state index contributed by atoms with van der Waals surface area (Å²) in [5.41, 5.74) is 8.52. The number of aryl methyl sites for hydroxylation is 2. The van der Waals surface area contributed by atoms with E-state index >= 15 is 0 Å². The number of fused-ring (bicyclic) bond motifs is 1. The monoisotopic (exact) mass is 307 g/mol. The standard InChI is InChI=1S/C13H14ClN5S/c1-6-11(20-8(3)17-6)7(2)19-12-10(18-13(19)15)4-9(14)5-16-12/h4-5,7H,1-3H3,(H2,15,18). The van der Waals surface area contributed by atoms with Gasteiger partial charge in [-0.1, -0.05) is 11.6 Å². The van der Waals surface area contributed by atoms with E-state index in [4.69, 9.17) is 17.3 Å². The highest BCUT2D eigenvalue weighted by atomic mass is 35.5. The van der Waals surface area contributed by atoms with Gasteiger partial charge in [-0.3, -0.25) is 4.57 Å². The summed E-state index contributed by atoms with van der Waals surface area (Å²) in [7, 11) is 0. The van der Waals surface area contributed by atoms with Crippen LogP contribution in [-0.2, 0) is 0 Å². The molecule has 5 nitrogen and oxygen atoms in total. The van der Waals surface area contributed by atoms with Crippen LogP contribution in [0.1, 0.15) is 28.5 Å². The molecular formula is C13H14ClN5S. The van der Waals surface area contributed by atoms with E-state index in [1.807, 2.05) is 18.4 Å². The molecule has 3 heterocycles. The number of imidazole rings is 1. The van der Waals surface area contributed by atoms with Gasteiger partial charge in [-0.15, -0.1) is 11.3 Å². The van der Waals surface area contributed by atoms with Crippen LogP contribution in [0.25, 0.3) is 11.2 Å². The Labute approximate surface area is 125 Å². The Balaban J connectivity index is 2.18. The number of pyridine rings is 1. The molecule has 1 unspecified atom stereocenters. The fourth-order valence-corrected chi connectivity index (χ4v) is 3.53. The number of nitrogens with zero attached hydrogens (tertiary/aromatic N) is 4. The van der Waals surface area contributed by atoms with Crippen LogP contribution in [0.15, 0.2) is 12.3 Å². The molecule has 0 amide bonds. The lowest BCUT2D eigenvalue weighted by molar-refractivity contribution is 0.668. The summed E-state index contributed by atoms with van der Waals surface area (Å²) in [6.45, 7) is 6.09. The maximum atomic E-state index is 6.05. The van der Waals surface area contributed by atoms with Crippen LogP contribution in [0.3, 0.4) is 0 Å². The average Bonchev–Trinajstić information content (AvgIpc) is 2.87. The van der Waals surface area contributed by atoms with Crippen LogP contribution in [0, 0.1) is 13.8 Å².